The minimum Gasteiger partial charge on any atom is -0.470 e. The number of hydrogen-bond donors (Lipinski definition) is 0. The summed E-state index contributed by atoms with van der Waals surface area (Å²) in [6.07, 6.45) is 1.17. The Bertz CT molecular complexity index is 1240. The molecule has 3 aromatic rings. The van der Waals surface area contributed by atoms with Crippen molar-refractivity contribution in [1.82, 2.24) is 24.8 Å². The van der Waals surface area contributed by atoms with Crippen LogP contribution in [0.25, 0.3) is 11.4 Å². The fourth-order valence-corrected chi connectivity index (χ4v) is 4.62. The van der Waals surface area contributed by atoms with Gasteiger partial charge in [0.25, 0.3) is 11.8 Å². The SMILES string of the molecule is Cc1cnc(C(=O)N2CC3CC(Oc4ncc(C(F)(F)F)cc4F)C2C3)c(-c2ncccn2)c1. The first-order valence-corrected chi connectivity index (χ1v) is 10.6. The van der Waals surface area contributed by atoms with Gasteiger partial charge in [-0.05, 0) is 49.4 Å². The van der Waals surface area contributed by atoms with Gasteiger partial charge in [0.15, 0.2) is 11.6 Å². The maximum atomic E-state index is 14.3. The lowest BCUT2D eigenvalue weighted by Gasteiger charge is -2.33. The molecule has 34 heavy (non-hydrogen) atoms. The number of pyridine rings is 2. The zero-order valence-corrected chi connectivity index (χ0v) is 18.0. The quantitative estimate of drug-likeness (QED) is 0.532. The molecule has 2 fully saturated rings. The Kier molecular flexibility index (Phi) is 5.41. The Morgan fingerprint density at radius 1 is 1.09 bits per heavy atom. The van der Waals surface area contributed by atoms with Gasteiger partial charge in [-0.2, -0.15) is 13.2 Å². The molecule has 2 bridgehead atoms. The molecule has 0 radical (unpaired) electrons. The first-order valence-electron chi connectivity index (χ1n) is 10.6. The summed E-state index contributed by atoms with van der Waals surface area (Å²) in [5.41, 5.74) is 0.346. The van der Waals surface area contributed by atoms with Crippen LogP contribution in [0, 0.1) is 18.7 Å². The summed E-state index contributed by atoms with van der Waals surface area (Å²) in [6.45, 7) is 2.33. The van der Waals surface area contributed by atoms with Gasteiger partial charge in [0, 0.05) is 31.3 Å². The van der Waals surface area contributed by atoms with Crippen LogP contribution < -0.4 is 4.74 Å². The van der Waals surface area contributed by atoms with Gasteiger partial charge in [-0.1, -0.05) is 0 Å². The van der Waals surface area contributed by atoms with Crippen molar-refractivity contribution in [3.8, 4) is 17.3 Å². The van der Waals surface area contributed by atoms with Crippen molar-refractivity contribution in [1.29, 1.82) is 0 Å². The van der Waals surface area contributed by atoms with E-state index in [4.69, 9.17) is 4.74 Å². The predicted molar refractivity (Wildman–Crippen MR) is 111 cm³/mol. The van der Waals surface area contributed by atoms with Crippen molar-refractivity contribution < 1.29 is 27.1 Å². The summed E-state index contributed by atoms with van der Waals surface area (Å²) in [4.78, 5) is 31.5. The van der Waals surface area contributed by atoms with Crippen molar-refractivity contribution in [2.45, 2.75) is 38.1 Å². The molecule has 4 heterocycles. The number of nitrogens with zero attached hydrogens (tertiary/aromatic N) is 5. The Morgan fingerprint density at radius 2 is 1.85 bits per heavy atom. The average molecular weight is 473 g/mol. The lowest BCUT2D eigenvalue weighted by Crippen LogP contribution is -2.47. The summed E-state index contributed by atoms with van der Waals surface area (Å²) in [6, 6.07) is 3.44. The Labute approximate surface area is 191 Å². The fraction of sp³-hybridized carbons (Fsp3) is 0.348. The van der Waals surface area contributed by atoms with Gasteiger partial charge in [0.05, 0.1) is 17.2 Å². The number of alkyl halides is 3. The highest BCUT2D eigenvalue weighted by molar-refractivity contribution is 5.98. The summed E-state index contributed by atoms with van der Waals surface area (Å²) in [7, 11) is 0. The van der Waals surface area contributed by atoms with Crippen LogP contribution in [0.3, 0.4) is 0 Å². The van der Waals surface area contributed by atoms with Gasteiger partial charge in [0.2, 0.25) is 0 Å². The van der Waals surface area contributed by atoms with E-state index < -0.39 is 29.5 Å². The van der Waals surface area contributed by atoms with Crippen LogP contribution in [0.2, 0.25) is 0 Å². The first kappa shape index (κ1) is 22.2. The van der Waals surface area contributed by atoms with Crippen molar-refractivity contribution in [3.63, 3.8) is 0 Å². The molecule has 3 atom stereocenters. The highest BCUT2D eigenvalue weighted by Crippen LogP contribution is 2.41. The molecule has 7 nitrogen and oxygen atoms in total. The third kappa shape index (κ3) is 4.06. The van der Waals surface area contributed by atoms with Gasteiger partial charge in [0.1, 0.15) is 11.8 Å². The van der Waals surface area contributed by atoms with Gasteiger partial charge < -0.3 is 9.64 Å². The third-order valence-electron chi connectivity index (χ3n) is 6.12. The summed E-state index contributed by atoms with van der Waals surface area (Å²) in [5.74, 6) is -1.54. The standard InChI is InChI=1S/C23H19F4N5O2/c1-12-5-15(20-28-3-2-4-29-20)19(30-9-12)22(33)32-11-13-6-17(32)18(7-13)34-21-16(24)8-14(10-31-21)23(25,26)27/h2-5,8-10,13,17-18H,6-7,11H2,1H3. The molecule has 3 aromatic heterocycles. The maximum absolute atomic E-state index is 14.3. The number of halogens is 4. The number of ether oxygens (including phenoxy) is 1. The molecule has 2 aliphatic rings. The number of hydrogen-bond acceptors (Lipinski definition) is 6. The van der Waals surface area contributed by atoms with E-state index in [2.05, 4.69) is 19.9 Å². The predicted octanol–water partition coefficient (Wildman–Crippen LogP) is 4.08. The number of piperidine rings is 1. The Hall–Kier alpha value is -3.63. The van der Waals surface area contributed by atoms with Gasteiger partial charge in [-0.25, -0.2) is 19.3 Å². The van der Waals surface area contributed by atoms with E-state index in [0.29, 0.717) is 43.0 Å². The molecule has 11 heteroatoms. The van der Waals surface area contributed by atoms with Crippen molar-refractivity contribution >= 4 is 5.91 Å². The fourth-order valence-electron chi connectivity index (χ4n) is 4.62. The van der Waals surface area contributed by atoms with Gasteiger partial charge in [-0.3, -0.25) is 9.78 Å². The summed E-state index contributed by atoms with van der Waals surface area (Å²) in [5, 5.41) is 0. The van der Waals surface area contributed by atoms with E-state index in [-0.39, 0.29) is 23.6 Å². The van der Waals surface area contributed by atoms with E-state index in [1.165, 1.54) is 0 Å². The average Bonchev–Trinajstić information content (AvgIpc) is 3.40. The van der Waals surface area contributed by atoms with Crippen LogP contribution in [0.5, 0.6) is 5.88 Å². The molecule has 3 unspecified atom stereocenters. The lowest BCUT2D eigenvalue weighted by atomic mass is 10.1. The Balaban J connectivity index is 1.39. The molecule has 0 aromatic carbocycles. The van der Waals surface area contributed by atoms with Crippen LogP contribution in [-0.2, 0) is 6.18 Å². The zero-order chi connectivity index (χ0) is 24.0. The van der Waals surface area contributed by atoms with Crippen LogP contribution in [0.4, 0.5) is 17.6 Å². The summed E-state index contributed by atoms with van der Waals surface area (Å²) < 4.78 is 58.4. The molecule has 5 rings (SSSR count). The maximum Gasteiger partial charge on any atom is 0.417 e. The lowest BCUT2D eigenvalue weighted by molar-refractivity contribution is -0.138. The van der Waals surface area contributed by atoms with Crippen LogP contribution >= 0.6 is 0 Å². The smallest absolute Gasteiger partial charge is 0.417 e. The van der Waals surface area contributed by atoms with E-state index in [1.54, 1.807) is 35.6 Å². The number of carbonyl (C=O) groups excluding carboxylic acids is 1. The molecular weight excluding hydrogens is 454 g/mol. The second-order valence-corrected chi connectivity index (χ2v) is 8.51. The second kappa shape index (κ2) is 8.30. The number of rotatable bonds is 4. The highest BCUT2D eigenvalue weighted by Gasteiger charge is 2.49. The van der Waals surface area contributed by atoms with Crippen molar-refractivity contribution in [2.24, 2.45) is 5.92 Å². The zero-order valence-electron chi connectivity index (χ0n) is 18.0. The van der Waals surface area contributed by atoms with E-state index >= 15 is 0 Å². The summed E-state index contributed by atoms with van der Waals surface area (Å²) >= 11 is 0. The number of aromatic nitrogens is 4. The minimum absolute atomic E-state index is 0.123. The van der Waals surface area contributed by atoms with E-state index in [9.17, 15) is 22.4 Å². The van der Waals surface area contributed by atoms with Gasteiger partial charge in [-0.15, -0.1) is 0 Å². The number of carbonyl (C=O) groups is 1. The monoisotopic (exact) mass is 473 g/mol. The van der Waals surface area contributed by atoms with Crippen molar-refractivity contribution in [3.05, 3.63) is 65.6 Å². The minimum atomic E-state index is -4.71. The van der Waals surface area contributed by atoms with Crippen LogP contribution in [0.1, 0.15) is 34.5 Å². The Morgan fingerprint density at radius 3 is 2.53 bits per heavy atom. The van der Waals surface area contributed by atoms with E-state index in [0.717, 1.165) is 5.56 Å². The van der Waals surface area contributed by atoms with Gasteiger partial charge >= 0.3 is 6.18 Å². The third-order valence-corrected chi connectivity index (χ3v) is 6.12. The van der Waals surface area contributed by atoms with E-state index in [1.807, 2.05) is 6.92 Å². The van der Waals surface area contributed by atoms with Crippen LogP contribution in [-0.4, -0.2) is 49.4 Å². The largest absolute Gasteiger partial charge is 0.470 e. The molecule has 1 aliphatic heterocycles. The molecule has 0 spiro atoms. The number of aryl methyl sites for hydroxylation is 1. The molecule has 1 saturated heterocycles. The molecule has 1 saturated carbocycles. The number of fused-ring (bicyclic) bond motifs is 2. The molecular formula is C23H19F4N5O2. The highest BCUT2D eigenvalue weighted by atomic mass is 19.4. The molecule has 176 valence electrons. The molecule has 1 amide bonds. The second-order valence-electron chi connectivity index (χ2n) is 8.51. The van der Waals surface area contributed by atoms with Crippen molar-refractivity contribution in [2.75, 3.05) is 6.54 Å². The number of amides is 1. The molecule has 0 N–H and O–H groups in total. The number of likely N-dealkylation sites (tertiary alicyclic amines) is 1. The van der Waals surface area contributed by atoms with Crippen LogP contribution in [0.15, 0.2) is 43.0 Å². The topological polar surface area (TPSA) is 81.1 Å². The normalized spacial score (nSPS) is 21.7. The molecule has 1 aliphatic carbocycles. The first-order chi connectivity index (χ1) is 16.2.